The van der Waals surface area contributed by atoms with Crippen molar-refractivity contribution in [3.63, 3.8) is 0 Å². The van der Waals surface area contributed by atoms with Crippen LogP contribution in [0.25, 0.3) is 0 Å². The second-order valence-electron chi connectivity index (χ2n) is 7.17. The summed E-state index contributed by atoms with van der Waals surface area (Å²) in [5.41, 5.74) is 8.30. The molecule has 5 heteroatoms. The molecule has 1 amide bonds. The zero-order valence-corrected chi connectivity index (χ0v) is 14.8. The van der Waals surface area contributed by atoms with Gasteiger partial charge in [-0.3, -0.25) is 15.6 Å². The molecule has 2 fully saturated rings. The fourth-order valence-electron chi connectivity index (χ4n) is 3.84. The van der Waals surface area contributed by atoms with Gasteiger partial charge in [0.05, 0.1) is 0 Å². The summed E-state index contributed by atoms with van der Waals surface area (Å²) in [7, 11) is 0. The van der Waals surface area contributed by atoms with Crippen LogP contribution in [0.4, 0.5) is 0 Å². The van der Waals surface area contributed by atoms with Gasteiger partial charge in [0, 0.05) is 24.2 Å². The number of benzene rings is 2. The van der Waals surface area contributed by atoms with Crippen molar-refractivity contribution in [1.82, 2.24) is 16.2 Å². The van der Waals surface area contributed by atoms with Gasteiger partial charge in [0.15, 0.2) is 0 Å². The smallest absolute Gasteiger partial charge is 0.251 e. The van der Waals surface area contributed by atoms with Crippen molar-refractivity contribution in [3.05, 3.63) is 65.7 Å². The molecule has 3 atom stereocenters. The predicted molar refractivity (Wildman–Crippen MR) is 101 cm³/mol. The van der Waals surface area contributed by atoms with Crippen LogP contribution in [0, 0.1) is 5.92 Å². The van der Waals surface area contributed by atoms with E-state index in [1.807, 2.05) is 54.6 Å². The first-order valence-electron chi connectivity index (χ1n) is 9.34. The summed E-state index contributed by atoms with van der Waals surface area (Å²) < 4.78 is 5.74. The van der Waals surface area contributed by atoms with Crippen molar-refractivity contribution in [2.75, 3.05) is 6.54 Å². The Bertz CT molecular complexity index is 733. The molecule has 3 unspecified atom stereocenters. The first kappa shape index (κ1) is 17.1. The highest BCUT2D eigenvalue weighted by atomic mass is 16.5. The van der Waals surface area contributed by atoms with Gasteiger partial charge in [-0.1, -0.05) is 30.3 Å². The Kier molecular flexibility index (Phi) is 5.18. The number of hydrazine groups is 1. The molecule has 0 radical (unpaired) electrons. The molecule has 1 aliphatic carbocycles. The number of carbonyl (C=O) groups is 1. The Labute approximate surface area is 154 Å². The van der Waals surface area contributed by atoms with Gasteiger partial charge in [-0.05, 0) is 55.0 Å². The standard InChI is InChI=1S/C21H25N3O2/c25-21(23-18-10-11-20-17(12-18)13-22-24-20)16-8-6-15(7-9-16)14-26-19-4-2-1-3-5-19/h1-9,17-18,20,22,24H,10-14H2,(H,23,25). The Morgan fingerprint density at radius 3 is 2.69 bits per heavy atom. The van der Waals surface area contributed by atoms with Crippen molar-refractivity contribution in [1.29, 1.82) is 0 Å². The van der Waals surface area contributed by atoms with Gasteiger partial charge in [-0.25, -0.2) is 0 Å². The highest BCUT2D eigenvalue weighted by molar-refractivity contribution is 5.94. The molecule has 5 nitrogen and oxygen atoms in total. The van der Waals surface area contributed by atoms with Gasteiger partial charge >= 0.3 is 0 Å². The van der Waals surface area contributed by atoms with Gasteiger partial charge in [0.25, 0.3) is 5.91 Å². The molecule has 3 N–H and O–H groups in total. The normalized spacial score (nSPS) is 24.7. The first-order valence-corrected chi connectivity index (χ1v) is 9.34. The summed E-state index contributed by atoms with van der Waals surface area (Å²) in [6, 6.07) is 18.2. The van der Waals surface area contributed by atoms with Crippen LogP contribution in [0.5, 0.6) is 5.75 Å². The van der Waals surface area contributed by atoms with Gasteiger partial charge in [0.1, 0.15) is 12.4 Å². The molecule has 136 valence electrons. The summed E-state index contributed by atoms with van der Waals surface area (Å²) in [6.45, 7) is 1.49. The van der Waals surface area contributed by atoms with E-state index >= 15 is 0 Å². The number of carbonyl (C=O) groups excluding carboxylic acids is 1. The van der Waals surface area contributed by atoms with Crippen LogP contribution >= 0.6 is 0 Å². The van der Waals surface area contributed by atoms with E-state index in [0.717, 1.165) is 37.1 Å². The SMILES string of the molecule is O=C(NC1CCC2NNCC2C1)c1ccc(COc2ccccc2)cc1. The number of para-hydroxylation sites is 1. The average molecular weight is 351 g/mol. The number of hydrogen-bond donors (Lipinski definition) is 3. The third kappa shape index (κ3) is 4.06. The lowest BCUT2D eigenvalue weighted by molar-refractivity contribution is 0.0918. The molecule has 26 heavy (non-hydrogen) atoms. The minimum atomic E-state index is 0.0166. The molecule has 0 bridgehead atoms. The molecule has 2 aliphatic rings. The Morgan fingerprint density at radius 2 is 1.88 bits per heavy atom. The number of nitrogens with one attached hydrogen (secondary N) is 3. The van der Waals surface area contributed by atoms with Crippen LogP contribution in [0.1, 0.15) is 35.2 Å². The highest BCUT2D eigenvalue weighted by Gasteiger charge is 2.34. The maximum Gasteiger partial charge on any atom is 0.251 e. The van der Waals surface area contributed by atoms with Crippen LogP contribution in [-0.2, 0) is 6.61 Å². The molecule has 2 aromatic rings. The van der Waals surface area contributed by atoms with Crippen molar-refractivity contribution >= 4 is 5.91 Å². The van der Waals surface area contributed by atoms with E-state index in [1.165, 1.54) is 0 Å². The van der Waals surface area contributed by atoms with Crippen LogP contribution < -0.4 is 20.9 Å². The molecule has 1 heterocycles. The quantitative estimate of drug-likeness (QED) is 0.775. The van der Waals surface area contributed by atoms with Crippen LogP contribution in [0.3, 0.4) is 0 Å². The molecule has 0 spiro atoms. The summed E-state index contributed by atoms with van der Waals surface area (Å²) in [5, 5.41) is 3.20. The lowest BCUT2D eigenvalue weighted by Gasteiger charge is -2.31. The molecular weight excluding hydrogens is 326 g/mol. The van der Waals surface area contributed by atoms with Gasteiger partial charge in [-0.15, -0.1) is 0 Å². The second-order valence-corrected chi connectivity index (χ2v) is 7.17. The summed E-state index contributed by atoms with van der Waals surface area (Å²) in [5.74, 6) is 1.48. The topological polar surface area (TPSA) is 62.4 Å². The van der Waals surface area contributed by atoms with E-state index in [9.17, 15) is 4.79 Å². The fourth-order valence-corrected chi connectivity index (χ4v) is 3.84. The fraction of sp³-hybridized carbons (Fsp3) is 0.381. The van der Waals surface area contributed by atoms with E-state index in [4.69, 9.17) is 4.74 Å². The van der Waals surface area contributed by atoms with E-state index in [0.29, 0.717) is 24.1 Å². The van der Waals surface area contributed by atoms with E-state index < -0.39 is 0 Å². The van der Waals surface area contributed by atoms with Crippen molar-refractivity contribution in [3.8, 4) is 5.75 Å². The van der Waals surface area contributed by atoms with E-state index in [2.05, 4.69) is 16.2 Å². The van der Waals surface area contributed by atoms with E-state index in [-0.39, 0.29) is 11.9 Å². The lowest BCUT2D eigenvalue weighted by Crippen LogP contribution is -2.44. The molecule has 4 rings (SSSR count). The summed E-state index contributed by atoms with van der Waals surface area (Å²) in [6.07, 6.45) is 3.18. The van der Waals surface area contributed by atoms with Crippen LogP contribution in [0.15, 0.2) is 54.6 Å². The average Bonchev–Trinajstić information content (AvgIpc) is 3.15. The molecule has 0 aromatic heterocycles. The largest absolute Gasteiger partial charge is 0.489 e. The number of hydrogen-bond acceptors (Lipinski definition) is 4. The number of amides is 1. The number of ether oxygens (including phenoxy) is 1. The Hall–Kier alpha value is -2.37. The monoisotopic (exact) mass is 351 g/mol. The zero-order chi connectivity index (χ0) is 17.8. The highest BCUT2D eigenvalue weighted by Crippen LogP contribution is 2.26. The van der Waals surface area contributed by atoms with Gasteiger partial charge in [0.2, 0.25) is 0 Å². The summed E-state index contributed by atoms with van der Waals surface area (Å²) >= 11 is 0. The number of rotatable bonds is 5. The van der Waals surface area contributed by atoms with Crippen molar-refractivity contribution in [2.24, 2.45) is 5.92 Å². The van der Waals surface area contributed by atoms with Crippen molar-refractivity contribution < 1.29 is 9.53 Å². The number of fused-ring (bicyclic) bond motifs is 1. The second kappa shape index (κ2) is 7.89. The van der Waals surface area contributed by atoms with E-state index in [1.54, 1.807) is 0 Å². The maximum atomic E-state index is 12.5. The van der Waals surface area contributed by atoms with Crippen LogP contribution in [-0.4, -0.2) is 24.5 Å². The molecule has 2 aromatic carbocycles. The minimum Gasteiger partial charge on any atom is -0.489 e. The zero-order valence-electron chi connectivity index (χ0n) is 14.8. The van der Waals surface area contributed by atoms with Gasteiger partial charge < -0.3 is 10.1 Å². The Balaban J connectivity index is 1.29. The molecule has 1 aliphatic heterocycles. The van der Waals surface area contributed by atoms with Crippen LogP contribution in [0.2, 0.25) is 0 Å². The Morgan fingerprint density at radius 1 is 1.08 bits per heavy atom. The lowest BCUT2D eigenvalue weighted by atomic mass is 9.83. The summed E-state index contributed by atoms with van der Waals surface area (Å²) in [4.78, 5) is 12.5. The van der Waals surface area contributed by atoms with Crippen molar-refractivity contribution in [2.45, 2.75) is 38.0 Å². The van der Waals surface area contributed by atoms with Gasteiger partial charge in [-0.2, -0.15) is 0 Å². The molecule has 1 saturated carbocycles. The molecule has 1 saturated heterocycles. The first-order chi connectivity index (χ1) is 12.8. The third-order valence-corrected chi connectivity index (χ3v) is 5.33. The third-order valence-electron chi connectivity index (χ3n) is 5.33. The molecular formula is C21H25N3O2. The maximum absolute atomic E-state index is 12.5. The minimum absolute atomic E-state index is 0.0166. The predicted octanol–water partition coefficient (Wildman–Crippen LogP) is 2.64.